The van der Waals surface area contributed by atoms with Crippen LogP contribution in [0.2, 0.25) is 0 Å². The second-order valence-electron chi connectivity index (χ2n) is 10.1. The fraction of sp³-hybridized carbons (Fsp3) is 0.467. The third-order valence-corrected chi connectivity index (χ3v) is 7.50. The molecule has 1 fully saturated rings. The lowest BCUT2D eigenvalue weighted by Crippen LogP contribution is -2.38. The maximum Gasteiger partial charge on any atom is 0.290 e. The highest BCUT2D eigenvalue weighted by Gasteiger charge is 2.42. The molecule has 2 aromatic carbocycles. The standard InChI is InChI=1S/C30H36N2O5/c1-4-5-14-36-23-9-6-8-22(19-23)27-26-28(33)24-17-20(2)21(3)18-25(24)37-29(26)30(34)32(27)11-7-10-31-12-15-35-16-13-31/h6,8-9,17-19,27H,4-5,7,10-16H2,1-3H3/t27-/m0/s1. The molecule has 7 heteroatoms. The van der Waals surface area contributed by atoms with Crippen LogP contribution in [0.5, 0.6) is 5.75 Å². The largest absolute Gasteiger partial charge is 0.494 e. The van der Waals surface area contributed by atoms with Crippen LogP contribution >= 0.6 is 0 Å². The third-order valence-electron chi connectivity index (χ3n) is 7.50. The van der Waals surface area contributed by atoms with Crippen molar-refractivity contribution in [3.05, 3.63) is 74.6 Å². The van der Waals surface area contributed by atoms with Gasteiger partial charge in [-0.15, -0.1) is 0 Å². The average Bonchev–Trinajstić information content (AvgIpc) is 3.18. The molecule has 2 aliphatic rings. The number of benzene rings is 2. The van der Waals surface area contributed by atoms with Crippen LogP contribution in [-0.2, 0) is 4.74 Å². The molecule has 3 aromatic rings. The van der Waals surface area contributed by atoms with Crippen LogP contribution in [0.15, 0.2) is 45.6 Å². The minimum absolute atomic E-state index is 0.134. The van der Waals surface area contributed by atoms with Gasteiger partial charge in [0.1, 0.15) is 11.3 Å². The first-order valence-electron chi connectivity index (χ1n) is 13.4. The van der Waals surface area contributed by atoms with Crippen LogP contribution < -0.4 is 10.2 Å². The summed E-state index contributed by atoms with van der Waals surface area (Å²) in [5.74, 6) is 0.683. The van der Waals surface area contributed by atoms with Crippen molar-refractivity contribution >= 4 is 16.9 Å². The van der Waals surface area contributed by atoms with Crippen LogP contribution in [0.1, 0.15) is 65.0 Å². The van der Waals surface area contributed by atoms with E-state index in [4.69, 9.17) is 13.9 Å². The molecule has 0 N–H and O–H groups in total. The molecule has 2 aliphatic heterocycles. The van der Waals surface area contributed by atoms with E-state index in [-0.39, 0.29) is 17.1 Å². The SMILES string of the molecule is CCCCOc1cccc([C@H]2c3c(oc4cc(C)c(C)cc4c3=O)C(=O)N2CCCN2CCOCC2)c1. The molecule has 0 saturated carbocycles. The van der Waals surface area contributed by atoms with E-state index in [1.807, 2.05) is 50.2 Å². The van der Waals surface area contributed by atoms with E-state index in [9.17, 15) is 9.59 Å². The number of carbonyl (C=O) groups is 1. The Kier molecular flexibility index (Phi) is 7.63. The van der Waals surface area contributed by atoms with Gasteiger partial charge in [0.25, 0.3) is 5.91 Å². The maximum atomic E-state index is 13.9. The van der Waals surface area contributed by atoms with E-state index >= 15 is 0 Å². The molecule has 5 rings (SSSR count). The third kappa shape index (κ3) is 5.15. The van der Waals surface area contributed by atoms with E-state index in [0.717, 1.165) is 74.6 Å². The van der Waals surface area contributed by atoms with E-state index < -0.39 is 6.04 Å². The first kappa shape index (κ1) is 25.5. The van der Waals surface area contributed by atoms with Gasteiger partial charge in [-0.1, -0.05) is 25.5 Å². The van der Waals surface area contributed by atoms with Crippen molar-refractivity contribution in [1.82, 2.24) is 9.80 Å². The Morgan fingerprint density at radius 1 is 1.00 bits per heavy atom. The van der Waals surface area contributed by atoms with Gasteiger partial charge in [0, 0.05) is 26.2 Å². The van der Waals surface area contributed by atoms with E-state index in [0.29, 0.717) is 29.7 Å². The molecule has 0 radical (unpaired) electrons. The lowest BCUT2D eigenvalue weighted by Gasteiger charge is -2.29. The number of morpholine rings is 1. The zero-order chi connectivity index (χ0) is 25.9. The van der Waals surface area contributed by atoms with Crippen LogP contribution in [0.25, 0.3) is 11.0 Å². The van der Waals surface area contributed by atoms with Gasteiger partial charge in [-0.25, -0.2) is 0 Å². The number of amides is 1. The number of aryl methyl sites for hydroxylation is 2. The number of unbranched alkanes of at least 4 members (excludes halogenated alkanes) is 1. The number of carbonyl (C=O) groups excluding carboxylic acids is 1. The minimum atomic E-state index is -0.510. The molecule has 0 unspecified atom stereocenters. The van der Waals surface area contributed by atoms with Crippen molar-refractivity contribution < 1.29 is 18.7 Å². The number of rotatable bonds is 9. The minimum Gasteiger partial charge on any atom is -0.494 e. The van der Waals surface area contributed by atoms with E-state index in [1.54, 1.807) is 4.90 Å². The summed E-state index contributed by atoms with van der Waals surface area (Å²) in [4.78, 5) is 31.8. The van der Waals surface area contributed by atoms with Crippen LogP contribution in [0.4, 0.5) is 0 Å². The van der Waals surface area contributed by atoms with Gasteiger partial charge >= 0.3 is 0 Å². The Hall–Kier alpha value is -3.16. The second kappa shape index (κ2) is 11.1. The zero-order valence-corrected chi connectivity index (χ0v) is 22.0. The quantitative estimate of drug-likeness (QED) is 0.388. The molecule has 1 atom stereocenters. The highest BCUT2D eigenvalue weighted by molar-refractivity contribution is 5.99. The van der Waals surface area contributed by atoms with Crippen molar-refractivity contribution in [2.75, 3.05) is 46.0 Å². The van der Waals surface area contributed by atoms with Crippen LogP contribution in [0, 0.1) is 13.8 Å². The van der Waals surface area contributed by atoms with Gasteiger partial charge in [0.2, 0.25) is 5.76 Å². The Morgan fingerprint density at radius 2 is 1.78 bits per heavy atom. The van der Waals surface area contributed by atoms with Gasteiger partial charge in [-0.05, 0) is 67.6 Å². The Bertz CT molecular complexity index is 1340. The smallest absolute Gasteiger partial charge is 0.290 e. The summed E-state index contributed by atoms with van der Waals surface area (Å²) in [5, 5.41) is 0.519. The lowest BCUT2D eigenvalue weighted by molar-refractivity contribution is 0.0353. The van der Waals surface area contributed by atoms with Crippen molar-refractivity contribution in [1.29, 1.82) is 0 Å². The molecular formula is C30H36N2O5. The highest BCUT2D eigenvalue weighted by atomic mass is 16.5. The molecule has 0 spiro atoms. The van der Waals surface area contributed by atoms with E-state index in [1.165, 1.54) is 0 Å². The molecule has 1 saturated heterocycles. The summed E-state index contributed by atoms with van der Waals surface area (Å²) in [5.41, 5.74) is 3.67. The van der Waals surface area contributed by atoms with Crippen molar-refractivity contribution in [2.24, 2.45) is 0 Å². The first-order valence-corrected chi connectivity index (χ1v) is 13.4. The van der Waals surface area contributed by atoms with E-state index in [2.05, 4.69) is 11.8 Å². The molecule has 3 heterocycles. The van der Waals surface area contributed by atoms with Gasteiger partial charge in [0.05, 0.1) is 36.8 Å². The van der Waals surface area contributed by atoms with Crippen molar-refractivity contribution in [3.8, 4) is 5.75 Å². The van der Waals surface area contributed by atoms with Crippen molar-refractivity contribution in [3.63, 3.8) is 0 Å². The Labute approximate surface area is 218 Å². The molecule has 7 nitrogen and oxygen atoms in total. The molecule has 37 heavy (non-hydrogen) atoms. The molecular weight excluding hydrogens is 468 g/mol. The molecule has 196 valence electrons. The fourth-order valence-electron chi connectivity index (χ4n) is 5.25. The second-order valence-corrected chi connectivity index (χ2v) is 10.1. The predicted octanol–water partition coefficient (Wildman–Crippen LogP) is 4.86. The number of hydrogen-bond donors (Lipinski definition) is 0. The molecule has 0 aliphatic carbocycles. The molecule has 1 amide bonds. The van der Waals surface area contributed by atoms with Crippen LogP contribution in [-0.4, -0.2) is 61.7 Å². The van der Waals surface area contributed by atoms with Crippen LogP contribution in [0.3, 0.4) is 0 Å². The fourth-order valence-corrected chi connectivity index (χ4v) is 5.25. The van der Waals surface area contributed by atoms with Gasteiger partial charge in [-0.3, -0.25) is 14.5 Å². The number of nitrogens with zero attached hydrogens (tertiary/aromatic N) is 2. The van der Waals surface area contributed by atoms with Gasteiger partial charge in [0.15, 0.2) is 5.43 Å². The number of fused-ring (bicyclic) bond motifs is 2. The Balaban J connectivity index is 1.53. The summed E-state index contributed by atoms with van der Waals surface area (Å²) in [6.45, 7) is 11.4. The first-order chi connectivity index (χ1) is 18.0. The number of ether oxygens (including phenoxy) is 2. The summed E-state index contributed by atoms with van der Waals surface area (Å²) >= 11 is 0. The summed E-state index contributed by atoms with van der Waals surface area (Å²) in [7, 11) is 0. The topological polar surface area (TPSA) is 72.2 Å². The maximum absolute atomic E-state index is 13.9. The molecule has 1 aromatic heterocycles. The highest BCUT2D eigenvalue weighted by Crippen LogP contribution is 2.39. The zero-order valence-electron chi connectivity index (χ0n) is 22.0. The lowest BCUT2D eigenvalue weighted by atomic mass is 9.97. The van der Waals surface area contributed by atoms with Gasteiger partial charge < -0.3 is 18.8 Å². The summed E-state index contributed by atoms with van der Waals surface area (Å²) in [6, 6.07) is 11.0. The predicted molar refractivity (Wildman–Crippen MR) is 144 cm³/mol. The monoisotopic (exact) mass is 504 g/mol. The Morgan fingerprint density at radius 3 is 2.57 bits per heavy atom. The van der Waals surface area contributed by atoms with Gasteiger partial charge in [-0.2, -0.15) is 0 Å². The summed E-state index contributed by atoms with van der Waals surface area (Å²) in [6.07, 6.45) is 2.82. The average molecular weight is 505 g/mol. The summed E-state index contributed by atoms with van der Waals surface area (Å²) < 4.78 is 17.6. The normalized spacial score (nSPS) is 18.0. The van der Waals surface area contributed by atoms with Crippen molar-refractivity contribution in [2.45, 2.75) is 46.1 Å². The molecule has 0 bridgehead atoms. The number of hydrogen-bond acceptors (Lipinski definition) is 6.